The van der Waals surface area contributed by atoms with Gasteiger partial charge in [-0.15, -0.1) is 0 Å². The van der Waals surface area contributed by atoms with E-state index in [-0.39, 0.29) is 31.5 Å². The molecule has 0 bridgehead atoms. The Labute approximate surface area is 108 Å². The Morgan fingerprint density at radius 2 is 2.06 bits per heavy atom. The zero-order valence-corrected chi connectivity index (χ0v) is 11.5. The number of ether oxygens (including phenoxy) is 3. The van der Waals surface area contributed by atoms with E-state index in [1.807, 2.05) is 20.8 Å². The van der Waals surface area contributed by atoms with Gasteiger partial charge in [0.05, 0.1) is 19.3 Å². The van der Waals surface area contributed by atoms with E-state index in [0.29, 0.717) is 13.1 Å². The summed E-state index contributed by atoms with van der Waals surface area (Å²) in [6.07, 6.45) is -0.577. The van der Waals surface area contributed by atoms with E-state index in [1.165, 1.54) is 7.11 Å². The molecule has 1 rings (SSSR count). The monoisotopic (exact) mass is 261 g/mol. The number of aliphatic hydroxyl groups excluding tert-OH is 1. The molecule has 1 N–H and O–H groups in total. The molecule has 2 atom stereocenters. The van der Waals surface area contributed by atoms with Crippen LogP contribution in [0.3, 0.4) is 0 Å². The van der Waals surface area contributed by atoms with E-state index >= 15 is 0 Å². The van der Waals surface area contributed by atoms with Gasteiger partial charge in [-0.25, -0.2) is 4.79 Å². The summed E-state index contributed by atoms with van der Waals surface area (Å²) in [5.41, 5.74) is -0.517. The van der Waals surface area contributed by atoms with Crippen LogP contribution in [0.4, 0.5) is 4.79 Å². The number of rotatable bonds is 4. The van der Waals surface area contributed by atoms with Crippen molar-refractivity contribution in [1.82, 2.24) is 4.90 Å². The van der Waals surface area contributed by atoms with Crippen molar-refractivity contribution in [3.05, 3.63) is 0 Å². The van der Waals surface area contributed by atoms with E-state index in [0.717, 1.165) is 0 Å². The maximum atomic E-state index is 11.9. The smallest absolute Gasteiger partial charge is 0.410 e. The molecular formula is C12H23NO5. The topological polar surface area (TPSA) is 68.2 Å². The van der Waals surface area contributed by atoms with Crippen molar-refractivity contribution < 1.29 is 24.1 Å². The number of amides is 1. The molecule has 0 radical (unpaired) electrons. The van der Waals surface area contributed by atoms with Crippen LogP contribution in [-0.4, -0.2) is 61.4 Å². The molecule has 0 spiro atoms. The van der Waals surface area contributed by atoms with Crippen LogP contribution in [0, 0.1) is 5.92 Å². The molecule has 0 aromatic heterocycles. The predicted molar refractivity (Wildman–Crippen MR) is 65.1 cm³/mol. The zero-order valence-electron chi connectivity index (χ0n) is 11.5. The Kier molecular flexibility index (Phi) is 5.37. The van der Waals surface area contributed by atoms with Crippen molar-refractivity contribution >= 4 is 6.09 Å². The van der Waals surface area contributed by atoms with Gasteiger partial charge in [0, 0.05) is 19.6 Å². The molecule has 1 amide bonds. The third kappa shape index (κ3) is 4.44. The van der Waals surface area contributed by atoms with E-state index in [1.54, 1.807) is 4.90 Å². The highest BCUT2D eigenvalue weighted by molar-refractivity contribution is 5.68. The van der Waals surface area contributed by atoms with Gasteiger partial charge in [0.25, 0.3) is 0 Å². The summed E-state index contributed by atoms with van der Waals surface area (Å²) in [5.74, 6) is -0.0901. The average Bonchev–Trinajstić information content (AvgIpc) is 2.67. The molecule has 0 saturated carbocycles. The lowest BCUT2D eigenvalue weighted by Gasteiger charge is -2.24. The van der Waals surface area contributed by atoms with Gasteiger partial charge in [0.1, 0.15) is 12.4 Å². The molecule has 0 aromatic rings. The largest absolute Gasteiger partial charge is 0.444 e. The maximum Gasteiger partial charge on any atom is 0.410 e. The molecule has 1 aliphatic heterocycles. The second-order valence-corrected chi connectivity index (χ2v) is 5.44. The minimum Gasteiger partial charge on any atom is -0.444 e. The minimum atomic E-state index is -0.517. The third-order valence-corrected chi connectivity index (χ3v) is 2.67. The average molecular weight is 261 g/mol. The molecule has 0 aromatic carbocycles. The number of carbonyl (C=O) groups excluding carboxylic acids is 1. The van der Waals surface area contributed by atoms with Crippen molar-refractivity contribution in [2.24, 2.45) is 5.92 Å². The van der Waals surface area contributed by atoms with Gasteiger partial charge in [-0.1, -0.05) is 0 Å². The molecule has 106 valence electrons. The fraction of sp³-hybridized carbons (Fsp3) is 0.917. The Morgan fingerprint density at radius 3 is 2.56 bits per heavy atom. The van der Waals surface area contributed by atoms with Gasteiger partial charge in [0.2, 0.25) is 0 Å². The lowest BCUT2D eigenvalue weighted by molar-refractivity contribution is -0.0847. The summed E-state index contributed by atoms with van der Waals surface area (Å²) in [4.78, 5) is 13.4. The molecular weight excluding hydrogens is 238 g/mol. The lowest BCUT2D eigenvalue weighted by Crippen LogP contribution is -2.36. The Morgan fingerprint density at radius 1 is 1.39 bits per heavy atom. The quantitative estimate of drug-likeness (QED) is 0.759. The van der Waals surface area contributed by atoms with Crippen LogP contribution in [0.25, 0.3) is 0 Å². The van der Waals surface area contributed by atoms with E-state index in [9.17, 15) is 9.90 Å². The van der Waals surface area contributed by atoms with Crippen LogP contribution in [0.15, 0.2) is 0 Å². The molecule has 1 saturated heterocycles. The number of carbonyl (C=O) groups is 1. The number of aliphatic hydroxyl groups is 1. The molecule has 1 aliphatic rings. The fourth-order valence-corrected chi connectivity index (χ4v) is 1.84. The van der Waals surface area contributed by atoms with E-state index in [2.05, 4.69) is 0 Å². The van der Waals surface area contributed by atoms with Crippen molar-refractivity contribution in [2.75, 3.05) is 33.6 Å². The molecule has 0 unspecified atom stereocenters. The van der Waals surface area contributed by atoms with Gasteiger partial charge < -0.3 is 24.2 Å². The number of nitrogens with zero attached hydrogens (tertiary/aromatic N) is 1. The van der Waals surface area contributed by atoms with Crippen molar-refractivity contribution in [1.29, 1.82) is 0 Å². The molecule has 1 heterocycles. The van der Waals surface area contributed by atoms with Gasteiger partial charge in [-0.3, -0.25) is 0 Å². The third-order valence-electron chi connectivity index (χ3n) is 2.67. The zero-order chi connectivity index (χ0) is 13.8. The minimum absolute atomic E-state index is 0.0202. The summed E-state index contributed by atoms with van der Waals surface area (Å²) in [6.45, 7) is 6.47. The van der Waals surface area contributed by atoms with Crippen LogP contribution in [0.5, 0.6) is 0 Å². The highest BCUT2D eigenvalue weighted by atomic mass is 16.7. The lowest BCUT2D eigenvalue weighted by atomic mass is 10.1. The van der Waals surface area contributed by atoms with Crippen molar-refractivity contribution in [3.63, 3.8) is 0 Å². The summed E-state index contributed by atoms with van der Waals surface area (Å²) >= 11 is 0. The molecule has 18 heavy (non-hydrogen) atoms. The van der Waals surface area contributed by atoms with Gasteiger partial charge in [-0.05, 0) is 20.8 Å². The number of hydrogen-bond acceptors (Lipinski definition) is 5. The summed E-state index contributed by atoms with van der Waals surface area (Å²) in [5, 5.41) is 9.27. The van der Waals surface area contributed by atoms with Crippen LogP contribution in [0.2, 0.25) is 0 Å². The Bertz CT molecular complexity index is 276. The van der Waals surface area contributed by atoms with Crippen LogP contribution in [0.1, 0.15) is 20.8 Å². The first-order chi connectivity index (χ1) is 8.37. The SMILES string of the molecule is COCO[C@H]1CN(C(=O)OC(C)(C)C)C[C@@H]1CO. The molecule has 6 nitrogen and oxygen atoms in total. The van der Waals surface area contributed by atoms with Crippen LogP contribution >= 0.6 is 0 Å². The van der Waals surface area contributed by atoms with Gasteiger partial charge in [0.15, 0.2) is 0 Å². The highest BCUT2D eigenvalue weighted by Gasteiger charge is 2.37. The fourth-order valence-electron chi connectivity index (χ4n) is 1.84. The van der Waals surface area contributed by atoms with Gasteiger partial charge >= 0.3 is 6.09 Å². The number of methoxy groups -OCH3 is 1. The summed E-state index contributed by atoms with van der Waals surface area (Å²) in [6, 6.07) is 0. The molecule has 0 aliphatic carbocycles. The van der Waals surface area contributed by atoms with Crippen molar-refractivity contribution in [3.8, 4) is 0 Å². The molecule has 1 fully saturated rings. The van der Waals surface area contributed by atoms with Gasteiger partial charge in [-0.2, -0.15) is 0 Å². The maximum absolute atomic E-state index is 11.9. The second kappa shape index (κ2) is 6.36. The highest BCUT2D eigenvalue weighted by Crippen LogP contribution is 2.22. The number of hydrogen-bond donors (Lipinski definition) is 1. The van der Waals surface area contributed by atoms with Crippen LogP contribution < -0.4 is 0 Å². The standard InChI is InChI=1S/C12H23NO5/c1-12(2,3)18-11(15)13-5-9(7-14)10(6-13)17-8-16-4/h9-10,14H,5-8H2,1-4H3/t9-,10+/m1/s1. The van der Waals surface area contributed by atoms with Crippen molar-refractivity contribution in [2.45, 2.75) is 32.5 Å². The predicted octanol–water partition coefficient (Wildman–Crippen LogP) is 0.835. The molecule has 6 heteroatoms. The first-order valence-corrected chi connectivity index (χ1v) is 6.06. The summed E-state index contributed by atoms with van der Waals surface area (Å²) < 4.78 is 15.6. The van der Waals surface area contributed by atoms with E-state index < -0.39 is 5.60 Å². The normalized spacial score (nSPS) is 24.4. The van der Waals surface area contributed by atoms with Crippen LogP contribution in [-0.2, 0) is 14.2 Å². The Hall–Kier alpha value is -0.850. The summed E-state index contributed by atoms with van der Waals surface area (Å²) in [7, 11) is 1.54. The first-order valence-electron chi connectivity index (χ1n) is 6.06. The van der Waals surface area contributed by atoms with E-state index in [4.69, 9.17) is 14.2 Å². The second-order valence-electron chi connectivity index (χ2n) is 5.44. The first kappa shape index (κ1) is 15.2. The Balaban J connectivity index is 2.52. The number of likely N-dealkylation sites (tertiary alicyclic amines) is 1.